The third-order valence-electron chi connectivity index (χ3n) is 4.92. The Kier molecular flexibility index (Phi) is 6.51. The highest BCUT2D eigenvalue weighted by molar-refractivity contribution is 7.11. The van der Waals surface area contributed by atoms with E-state index in [0.717, 1.165) is 47.7 Å². The predicted octanol–water partition coefficient (Wildman–Crippen LogP) is 1.19. The molecule has 2 aromatic heterocycles. The number of morpholine rings is 1. The number of rotatable bonds is 7. The second-order valence-electron chi connectivity index (χ2n) is 6.81. The van der Waals surface area contributed by atoms with Crippen molar-refractivity contribution in [2.24, 2.45) is 0 Å². The van der Waals surface area contributed by atoms with Gasteiger partial charge in [-0.1, -0.05) is 0 Å². The van der Waals surface area contributed by atoms with Crippen LogP contribution >= 0.6 is 11.3 Å². The summed E-state index contributed by atoms with van der Waals surface area (Å²) in [6.07, 6.45) is 0.351. The van der Waals surface area contributed by atoms with Crippen LogP contribution in [0.1, 0.15) is 40.8 Å². The molecule has 1 aliphatic heterocycles. The van der Waals surface area contributed by atoms with Crippen LogP contribution in [-0.2, 0) is 22.6 Å². The number of carbonyl (C=O) groups excluding carboxylic acids is 1. The molecule has 0 aliphatic carbocycles. The molecule has 0 spiro atoms. The molecule has 2 aromatic rings. The Bertz CT molecular complexity index is 769. The van der Waals surface area contributed by atoms with Gasteiger partial charge < -0.3 is 9.64 Å². The minimum atomic E-state index is -0.0517. The average molecular weight is 394 g/mol. The van der Waals surface area contributed by atoms with E-state index in [9.17, 15) is 4.79 Å². The minimum absolute atomic E-state index is 0.0517. The van der Waals surface area contributed by atoms with Gasteiger partial charge in [0.05, 0.1) is 43.0 Å². The van der Waals surface area contributed by atoms with Gasteiger partial charge in [0.15, 0.2) is 5.82 Å². The lowest BCUT2D eigenvalue weighted by molar-refractivity contribution is -0.132. The van der Waals surface area contributed by atoms with Crippen LogP contribution in [-0.4, -0.2) is 74.2 Å². The van der Waals surface area contributed by atoms with Crippen molar-refractivity contribution in [2.45, 2.75) is 46.3 Å². The van der Waals surface area contributed by atoms with Crippen LogP contribution < -0.4 is 0 Å². The first-order chi connectivity index (χ1) is 13.0. The van der Waals surface area contributed by atoms with Gasteiger partial charge in [-0.25, -0.2) is 9.67 Å². The summed E-state index contributed by atoms with van der Waals surface area (Å²) < 4.78 is 7.09. The first-order valence-electron chi connectivity index (χ1n) is 9.20. The fourth-order valence-electron chi connectivity index (χ4n) is 3.18. The average Bonchev–Trinajstić information content (AvgIpc) is 3.24. The molecule has 0 aromatic carbocycles. The molecule has 0 radical (unpaired) electrons. The first kappa shape index (κ1) is 19.8. The molecule has 0 N–H and O–H groups in total. The molecule has 3 rings (SSSR count). The van der Waals surface area contributed by atoms with E-state index in [1.165, 1.54) is 0 Å². The monoisotopic (exact) mass is 393 g/mol. The maximum atomic E-state index is 12.7. The zero-order valence-corrected chi connectivity index (χ0v) is 17.2. The molecule has 1 fully saturated rings. The van der Waals surface area contributed by atoms with E-state index in [1.807, 2.05) is 27.8 Å². The van der Waals surface area contributed by atoms with Gasteiger partial charge in [-0.15, -0.1) is 16.4 Å². The molecule has 10 heteroatoms. The number of aryl methyl sites for hydroxylation is 3. The van der Waals surface area contributed by atoms with Crippen LogP contribution in [0.4, 0.5) is 0 Å². The molecule has 3 heterocycles. The lowest BCUT2D eigenvalue weighted by Crippen LogP contribution is -2.36. The number of tetrazole rings is 1. The van der Waals surface area contributed by atoms with E-state index in [1.54, 1.807) is 20.9 Å². The second-order valence-corrected chi connectivity index (χ2v) is 8.22. The molecule has 1 amide bonds. The summed E-state index contributed by atoms with van der Waals surface area (Å²) in [5, 5.41) is 13.0. The third-order valence-corrected chi connectivity index (χ3v) is 5.82. The molecular weight excluding hydrogens is 366 g/mol. The van der Waals surface area contributed by atoms with Gasteiger partial charge in [-0.2, -0.15) is 0 Å². The van der Waals surface area contributed by atoms with Crippen molar-refractivity contribution in [3.05, 3.63) is 21.4 Å². The van der Waals surface area contributed by atoms with Crippen LogP contribution in [0.25, 0.3) is 0 Å². The van der Waals surface area contributed by atoms with Crippen molar-refractivity contribution in [2.75, 3.05) is 33.4 Å². The Morgan fingerprint density at radius 2 is 2.07 bits per heavy atom. The Hall–Kier alpha value is -1.91. The van der Waals surface area contributed by atoms with Crippen LogP contribution in [0, 0.1) is 13.8 Å². The molecule has 0 saturated carbocycles. The van der Waals surface area contributed by atoms with Crippen molar-refractivity contribution in [1.82, 2.24) is 35.0 Å². The lowest BCUT2D eigenvalue weighted by atomic mass is 10.2. The van der Waals surface area contributed by atoms with Gasteiger partial charge in [-0.05, 0) is 31.2 Å². The lowest BCUT2D eigenvalue weighted by Gasteiger charge is -2.26. The Morgan fingerprint density at radius 3 is 2.74 bits per heavy atom. The van der Waals surface area contributed by atoms with E-state index in [0.29, 0.717) is 19.5 Å². The largest absolute Gasteiger partial charge is 0.379 e. The molecule has 1 saturated heterocycles. The minimum Gasteiger partial charge on any atom is -0.379 e. The van der Waals surface area contributed by atoms with Gasteiger partial charge >= 0.3 is 0 Å². The van der Waals surface area contributed by atoms with Gasteiger partial charge in [0, 0.05) is 31.4 Å². The third kappa shape index (κ3) is 4.88. The van der Waals surface area contributed by atoms with E-state index in [-0.39, 0.29) is 11.9 Å². The Labute approximate surface area is 163 Å². The molecule has 148 valence electrons. The number of aromatic nitrogens is 5. The smallest absolute Gasteiger partial charge is 0.224 e. The highest BCUT2D eigenvalue weighted by Gasteiger charge is 2.22. The van der Waals surface area contributed by atoms with Gasteiger partial charge in [0.1, 0.15) is 0 Å². The Morgan fingerprint density at radius 1 is 1.33 bits per heavy atom. The number of hydrogen-bond donors (Lipinski definition) is 0. The maximum Gasteiger partial charge on any atom is 0.224 e. The standard InChI is InChI=1S/C17H27N7O2S/c1-12(17-13(2)27-14(3)18-17)22(4)16(25)5-6-24-15(19-20-21-24)11-23-7-9-26-10-8-23/h12H,5-11H2,1-4H3. The van der Waals surface area contributed by atoms with Crippen molar-refractivity contribution >= 4 is 17.2 Å². The van der Waals surface area contributed by atoms with E-state index in [4.69, 9.17) is 4.74 Å². The van der Waals surface area contributed by atoms with Crippen LogP contribution in [0.5, 0.6) is 0 Å². The maximum absolute atomic E-state index is 12.7. The van der Waals surface area contributed by atoms with E-state index in [2.05, 4.69) is 25.4 Å². The quantitative estimate of drug-likeness (QED) is 0.698. The molecule has 27 heavy (non-hydrogen) atoms. The number of hydrogen-bond acceptors (Lipinski definition) is 8. The van der Waals surface area contributed by atoms with Crippen molar-refractivity contribution in [1.29, 1.82) is 0 Å². The summed E-state index contributed by atoms with van der Waals surface area (Å²) in [4.78, 5) is 22.4. The van der Waals surface area contributed by atoms with Crippen molar-refractivity contribution in [3.8, 4) is 0 Å². The van der Waals surface area contributed by atoms with E-state index < -0.39 is 0 Å². The van der Waals surface area contributed by atoms with Crippen LogP contribution in [0.3, 0.4) is 0 Å². The number of ether oxygens (including phenoxy) is 1. The Balaban J connectivity index is 1.56. The summed E-state index contributed by atoms with van der Waals surface area (Å²) in [6, 6.07) is -0.0517. The summed E-state index contributed by atoms with van der Waals surface area (Å²) in [6.45, 7) is 10.4. The highest BCUT2D eigenvalue weighted by Crippen LogP contribution is 2.26. The van der Waals surface area contributed by atoms with Crippen molar-refractivity contribution in [3.63, 3.8) is 0 Å². The number of carbonyl (C=O) groups is 1. The van der Waals surface area contributed by atoms with Crippen LogP contribution in [0.2, 0.25) is 0 Å². The molecular formula is C17H27N7O2S. The second kappa shape index (κ2) is 8.85. The fourth-order valence-corrected chi connectivity index (χ4v) is 4.09. The van der Waals surface area contributed by atoms with Gasteiger partial charge in [-0.3, -0.25) is 9.69 Å². The van der Waals surface area contributed by atoms with Crippen LogP contribution in [0.15, 0.2) is 0 Å². The van der Waals surface area contributed by atoms with Crippen molar-refractivity contribution < 1.29 is 9.53 Å². The summed E-state index contributed by atoms with van der Waals surface area (Å²) >= 11 is 1.66. The molecule has 1 atom stereocenters. The summed E-state index contributed by atoms with van der Waals surface area (Å²) in [7, 11) is 1.83. The van der Waals surface area contributed by atoms with E-state index >= 15 is 0 Å². The molecule has 0 bridgehead atoms. The summed E-state index contributed by atoms with van der Waals surface area (Å²) in [5.74, 6) is 0.840. The topological polar surface area (TPSA) is 89.3 Å². The van der Waals surface area contributed by atoms with Gasteiger partial charge in [0.2, 0.25) is 5.91 Å². The number of nitrogens with zero attached hydrogens (tertiary/aromatic N) is 7. The molecule has 1 unspecified atom stereocenters. The number of amides is 1. The highest BCUT2D eigenvalue weighted by atomic mass is 32.1. The fraction of sp³-hybridized carbons (Fsp3) is 0.706. The zero-order chi connectivity index (χ0) is 19.4. The summed E-state index contributed by atoms with van der Waals surface area (Å²) in [5.41, 5.74) is 0.976. The number of thiazole rings is 1. The normalized spacial score (nSPS) is 16.4. The molecule has 9 nitrogen and oxygen atoms in total. The first-order valence-corrected chi connectivity index (χ1v) is 10.0. The SMILES string of the molecule is Cc1nc(C(C)N(C)C(=O)CCn2nnnc2CN2CCOCC2)c(C)s1. The molecule has 1 aliphatic rings. The van der Waals surface area contributed by atoms with Gasteiger partial charge in [0.25, 0.3) is 0 Å². The predicted molar refractivity (Wildman–Crippen MR) is 101 cm³/mol. The zero-order valence-electron chi connectivity index (χ0n) is 16.4.